The van der Waals surface area contributed by atoms with E-state index < -0.39 is 24.0 Å². The van der Waals surface area contributed by atoms with Crippen molar-refractivity contribution in [2.75, 3.05) is 11.9 Å². The van der Waals surface area contributed by atoms with Crippen LogP contribution in [-0.2, 0) is 9.53 Å². The fourth-order valence-electron chi connectivity index (χ4n) is 3.88. The molecule has 168 valence electrons. The molecule has 0 saturated carbocycles. The SMILES string of the molecule is C[C@H](NC(=O)OCC1c2ccccc2-c2ccccc21)C(=O)Nc1cc(C(=O)O)ccc1I. The number of hydrogen-bond acceptors (Lipinski definition) is 4. The number of carboxylic acids is 1. The standard InChI is InChI=1S/C25H21IN2O5/c1-14(23(29)28-22-12-15(24(30)31)10-11-21(22)26)27-25(32)33-13-20-18-8-4-2-6-16(18)17-7-3-5-9-19(17)20/h2-12,14,20H,13H2,1H3,(H,27,32)(H,28,29)(H,30,31)/t14-/m0/s1. The zero-order chi connectivity index (χ0) is 23.5. The molecule has 3 aromatic carbocycles. The first-order valence-electron chi connectivity index (χ1n) is 10.3. The van der Waals surface area contributed by atoms with Crippen LogP contribution in [0.1, 0.15) is 34.3 Å². The molecule has 1 atom stereocenters. The van der Waals surface area contributed by atoms with E-state index in [0.29, 0.717) is 9.26 Å². The molecule has 0 saturated heterocycles. The third-order valence-electron chi connectivity index (χ3n) is 5.54. The molecule has 4 rings (SSSR count). The Morgan fingerprint density at radius 1 is 1.00 bits per heavy atom. The van der Waals surface area contributed by atoms with E-state index >= 15 is 0 Å². The van der Waals surface area contributed by atoms with Gasteiger partial charge in [-0.25, -0.2) is 9.59 Å². The first-order chi connectivity index (χ1) is 15.8. The molecule has 0 heterocycles. The lowest BCUT2D eigenvalue weighted by atomic mass is 9.98. The van der Waals surface area contributed by atoms with Gasteiger partial charge in [0.1, 0.15) is 12.6 Å². The Bertz CT molecular complexity index is 1200. The van der Waals surface area contributed by atoms with Crippen LogP contribution in [0.5, 0.6) is 0 Å². The van der Waals surface area contributed by atoms with E-state index in [-0.39, 0.29) is 18.1 Å². The molecule has 33 heavy (non-hydrogen) atoms. The normalized spacial score (nSPS) is 12.9. The zero-order valence-electron chi connectivity index (χ0n) is 17.7. The first-order valence-corrected chi connectivity index (χ1v) is 11.4. The van der Waals surface area contributed by atoms with Crippen LogP contribution < -0.4 is 10.6 Å². The van der Waals surface area contributed by atoms with Crippen molar-refractivity contribution in [1.82, 2.24) is 5.32 Å². The quantitative estimate of drug-likeness (QED) is 0.377. The van der Waals surface area contributed by atoms with Crippen molar-refractivity contribution in [3.63, 3.8) is 0 Å². The van der Waals surface area contributed by atoms with E-state index in [4.69, 9.17) is 9.84 Å². The minimum Gasteiger partial charge on any atom is -0.478 e. The Morgan fingerprint density at radius 3 is 2.21 bits per heavy atom. The van der Waals surface area contributed by atoms with Crippen LogP contribution in [0.2, 0.25) is 0 Å². The maximum atomic E-state index is 12.5. The number of amides is 2. The van der Waals surface area contributed by atoms with Crippen LogP contribution in [0.15, 0.2) is 66.7 Å². The van der Waals surface area contributed by atoms with Gasteiger partial charge in [0, 0.05) is 9.49 Å². The zero-order valence-corrected chi connectivity index (χ0v) is 19.8. The largest absolute Gasteiger partial charge is 0.478 e. The number of nitrogens with one attached hydrogen (secondary N) is 2. The van der Waals surface area contributed by atoms with Gasteiger partial charge >= 0.3 is 12.1 Å². The van der Waals surface area contributed by atoms with Crippen molar-refractivity contribution in [2.45, 2.75) is 18.9 Å². The first kappa shape index (κ1) is 22.8. The number of halogens is 1. The molecular weight excluding hydrogens is 535 g/mol. The smallest absolute Gasteiger partial charge is 0.407 e. The Hall–Kier alpha value is -3.40. The third kappa shape index (κ3) is 4.85. The second-order valence-corrected chi connectivity index (χ2v) is 8.84. The van der Waals surface area contributed by atoms with Gasteiger partial charge in [-0.05, 0) is 70.0 Å². The lowest BCUT2D eigenvalue weighted by Gasteiger charge is -2.17. The number of hydrogen-bond donors (Lipinski definition) is 3. The number of benzene rings is 3. The van der Waals surface area contributed by atoms with Gasteiger partial charge in [0.15, 0.2) is 0 Å². The Labute approximate surface area is 204 Å². The maximum absolute atomic E-state index is 12.5. The lowest BCUT2D eigenvalue weighted by Crippen LogP contribution is -2.42. The molecule has 1 aliphatic rings. The van der Waals surface area contributed by atoms with Crippen LogP contribution in [-0.4, -0.2) is 35.7 Å². The van der Waals surface area contributed by atoms with Crippen LogP contribution >= 0.6 is 22.6 Å². The minimum absolute atomic E-state index is 0.0582. The maximum Gasteiger partial charge on any atom is 0.407 e. The molecule has 0 unspecified atom stereocenters. The fraction of sp³-hybridized carbons (Fsp3) is 0.160. The van der Waals surface area contributed by atoms with E-state index in [0.717, 1.165) is 22.3 Å². The van der Waals surface area contributed by atoms with Crippen molar-refractivity contribution in [3.05, 3.63) is 87.0 Å². The molecule has 0 spiro atoms. The summed E-state index contributed by atoms with van der Waals surface area (Å²) >= 11 is 2.00. The Balaban J connectivity index is 1.37. The van der Waals surface area contributed by atoms with Crippen LogP contribution in [0, 0.1) is 3.57 Å². The molecule has 2 amide bonds. The van der Waals surface area contributed by atoms with E-state index in [9.17, 15) is 14.4 Å². The highest BCUT2D eigenvalue weighted by Gasteiger charge is 2.29. The van der Waals surface area contributed by atoms with Crippen LogP contribution in [0.4, 0.5) is 10.5 Å². The highest BCUT2D eigenvalue weighted by Crippen LogP contribution is 2.44. The molecule has 0 aromatic heterocycles. The number of carbonyl (C=O) groups excluding carboxylic acids is 2. The number of fused-ring (bicyclic) bond motifs is 3. The molecule has 3 aromatic rings. The second-order valence-electron chi connectivity index (χ2n) is 7.68. The van der Waals surface area contributed by atoms with Crippen molar-refractivity contribution < 1.29 is 24.2 Å². The van der Waals surface area contributed by atoms with Gasteiger partial charge in [-0.15, -0.1) is 0 Å². The minimum atomic E-state index is -1.09. The Morgan fingerprint density at radius 2 is 1.61 bits per heavy atom. The van der Waals surface area contributed by atoms with Crippen molar-refractivity contribution in [3.8, 4) is 11.1 Å². The van der Waals surface area contributed by atoms with Gasteiger partial charge in [-0.3, -0.25) is 4.79 Å². The predicted molar refractivity (Wildman–Crippen MR) is 132 cm³/mol. The van der Waals surface area contributed by atoms with E-state index in [2.05, 4.69) is 22.8 Å². The van der Waals surface area contributed by atoms with Gasteiger partial charge < -0.3 is 20.5 Å². The van der Waals surface area contributed by atoms with E-state index in [1.54, 1.807) is 6.07 Å². The van der Waals surface area contributed by atoms with Crippen LogP contribution in [0.3, 0.4) is 0 Å². The highest BCUT2D eigenvalue weighted by molar-refractivity contribution is 14.1. The number of aromatic carboxylic acids is 1. The summed E-state index contributed by atoms with van der Waals surface area (Å²) in [4.78, 5) is 36.1. The summed E-state index contributed by atoms with van der Waals surface area (Å²) in [6.45, 7) is 1.68. The average molecular weight is 556 g/mol. The van der Waals surface area contributed by atoms with Gasteiger partial charge in [0.2, 0.25) is 5.91 Å². The van der Waals surface area contributed by atoms with Crippen molar-refractivity contribution >= 4 is 46.2 Å². The summed E-state index contributed by atoms with van der Waals surface area (Å²) < 4.78 is 6.16. The molecule has 0 radical (unpaired) electrons. The van der Waals surface area contributed by atoms with E-state index in [1.807, 2.05) is 59.0 Å². The number of alkyl carbamates (subject to hydrolysis) is 1. The van der Waals surface area contributed by atoms with E-state index in [1.165, 1.54) is 19.1 Å². The predicted octanol–water partition coefficient (Wildman–Crippen LogP) is 4.86. The molecule has 3 N–H and O–H groups in total. The number of carboxylic acid groups (broad SMARTS) is 1. The summed E-state index contributed by atoms with van der Waals surface area (Å²) in [5, 5.41) is 14.3. The highest BCUT2D eigenvalue weighted by atomic mass is 127. The van der Waals surface area contributed by atoms with Crippen molar-refractivity contribution in [1.29, 1.82) is 0 Å². The molecule has 1 aliphatic carbocycles. The molecule has 7 nitrogen and oxygen atoms in total. The molecular formula is C25H21IN2O5. The van der Waals surface area contributed by atoms with Gasteiger partial charge in [0.05, 0.1) is 11.3 Å². The van der Waals surface area contributed by atoms with Gasteiger partial charge in [-0.1, -0.05) is 48.5 Å². The summed E-state index contributed by atoms with van der Waals surface area (Å²) in [5.41, 5.74) is 4.89. The topological polar surface area (TPSA) is 105 Å². The summed E-state index contributed by atoms with van der Waals surface area (Å²) in [6, 6.07) is 19.6. The van der Waals surface area contributed by atoms with Gasteiger partial charge in [0.25, 0.3) is 0 Å². The third-order valence-corrected chi connectivity index (χ3v) is 6.48. The number of carbonyl (C=O) groups is 3. The summed E-state index contributed by atoms with van der Waals surface area (Å²) in [6.07, 6.45) is -0.700. The van der Waals surface area contributed by atoms with Crippen LogP contribution in [0.25, 0.3) is 11.1 Å². The monoisotopic (exact) mass is 556 g/mol. The molecule has 8 heteroatoms. The molecule has 0 bridgehead atoms. The van der Waals surface area contributed by atoms with Crippen molar-refractivity contribution in [2.24, 2.45) is 0 Å². The summed E-state index contributed by atoms with van der Waals surface area (Å²) in [5.74, 6) is -1.65. The lowest BCUT2D eigenvalue weighted by molar-refractivity contribution is -0.117. The number of rotatable bonds is 6. The summed E-state index contributed by atoms with van der Waals surface area (Å²) in [7, 11) is 0. The number of ether oxygens (including phenoxy) is 1. The second kappa shape index (κ2) is 9.62. The Kier molecular flexibility index (Phi) is 6.64. The van der Waals surface area contributed by atoms with Gasteiger partial charge in [-0.2, -0.15) is 0 Å². The number of anilines is 1. The average Bonchev–Trinajstić information content (AvgIpc) is 3.12. The molecule has 0 fully saturated rings. The molecule has 0 aliphatic heterocycles. The fourth-order valence-corrected chi connectivity index (χ4v) is 4.35.